The van der Waals surface area contributed by atoms with Crippen molar-refractivity contribution in [2.75, 3.05) is 0 Å². The van der Waals surface area contributed by atoms with E-state index in [-0.39, 0.29) is 0 Å². The fraction of sp³-hybridized carbons (Fsp3) is 0.312. The van der Waals surface area contributed by atoms with Gasteiger partial charge < -0.3 is 0 Å². The normalized spacial score (nSPS) is 11.9. The van der Waals surface area contributed by atoms with Gasteiger partial charge in [-0.05, 0) is 36.1 Å². The van der Waals surface area contributed by atoms with E-state index in [0.29, 0.717) is 17.2 Å². The Morgan fingerprint density at radius 3 is 2.10 bits per heavy atom. The molecule has 1 aromatic carbocycles. The second-order valence-electron chi connectivity index (χ2n) is 5.22. The largest absolute Gasteiger partial charge is 0.416 e. The van der Waals surface area contributed by atoms with Crippen LogP contribution in [0.25, 0.3) is 11.3 Å². The maximum absolute atomic E-state index is 12.5. The minimum Gasteiger partial charge on any atom is -0.256 e. The third kappa shape index (κ3) is 3.59. The molecule has 4 heteroatoms. The van der Waals surface area contributed by atoms with Crippen LogP contribution < -0.4 is 0 Å². The first-order valence-corrected chi connectivity index (χ1v) is 6.49. The van der Waals surface area contributed by atoms with Crippen LogP contribution in [0.15, 0.2) is 42.6 Å². The molecule has 0 bridgehead atoms. The molecule has 0 aliphatic rings. The van der Waals surface area contributed by atoms with Crippen LogP contribution in [-0.2, 0) is 12.6 Å². The van der Waals surface area contributed by atoms with Crippen molar-refractivity contribution in [3.8, 4) is 11.3 Å². The molecule has 0 amide bonds. The Balaban J connectivity index is 2.19. The van der Waals surface area contributed by atoms with E-state index in [1.54, 1.807) is 6.20 Å². The molecule has 0 saturated heterocycles. The predicted octanol–water partition coefficient (Wildman–Crippen LogP) is 4.97. The summed E-state index contributed by atoms with van der Waals surface area (Å²) in [5, 5.41) is 0. The summed E-state index contributed by atoms with van der Waals surface area (Å²) < 4.78 is 37.4. The molecule has 0 fully saturated rings. The molecule has 0 aliphatic carbocycles. The number of hydrogen-bond donors (Lipinski definition) is 0. The Morgan fingerprint density at radius 1 is 1.00 bits per heavy atom. The number of hydrogen-bond acceptors (Lipinski definition) is 1. The Bertz CT molecular complexity index is 554. The van der Waals surface area contributed by atoms with E-state index in [2.05, 4.69) is 18.8 Å². The average molecular weight is 279 g/mol. The quantitative estimate of drug-likeness (QED) is 0.773. The summed E-state index contributed by atoms with van der Waals surface area (Å²) in [6, 6.07) is 8.89. The summed E-state index contributed by atoms with van der Waals surface area (Å²) in [6.07, 6.45) is -1.57. The summed E-state index contributed by atoms with van der Waals surface area (Å²) in [5.74, 6) is 0.550. The van der Waals surface area contributed by atoms with Gasteiger partial charge in [-0.2, -0.15) is 13.2 Å². The van der Waals surface area contributed by atoms with Crippen molar-refractivity contribution >= 4 is 0 Å². The van der Waals surface area contributed by atoms with Gasteiger partial charge in [0.2, 0.25) is 0 Å². The highest BCUT2D eigenvalue weighted by Crippen LogP contribution is 2.30. The Labute approximate surface area is 116 Å². The Kier molecular flexibility index (Phi) is 4.12. The van der Waals surface area contributed by atoms with E-state index in [1.807, 2.05) is 12.1 Å². The predicted molar refractivity (Wildman–Crippen MR) is 73.2 cm³/mol. The van der Waals surface area contributed by atoms with Crippen molar-refractivity contribution in [3.63, 3.8) is 0 Å². The highest BCUT2D eigenvalue weighted by molar-refractivity contribution is 5.59. The van der Waals surface area contributed by atoms with Crippen LogP contribution in [0, 0.1) is 5.92 Å². The van der Waals surface area contributed by atoms with Gasteiger partial charge >= 0.3 is 6.18 Å². The smallest absolute Gasteiger partial charge is 0.256 e. The number of aromatic nitrogens is 1. The summed E-state index contributed by atoms with van der Waals surface area (Å²) in [7, 11) is 0. The third-order valence-corrected chi connectivity index (χ3v) is 2.98. The van der Waals surface area contributed by atoms with E-state index >= 15 is 0 Å². The summed E-state index contributed by atoms with van der Waals surface area (Å²) in [5.41, 5.74) is 1.87. The molecule has 0 spiro atoms. The van der Waals surface area contributed by atoms with E-state index in [1.165, 1.54) is 12.1 Å². The molecule has 0 radical (unpaired) electrons. The van der Waals surface area contributed by atoms with Gasteiger partial charge in [0.25, 0.3) is 0 Å². The van der Waals surface area contributed by atoms with Gasteiger partial charge in [0.15, 0.2) is 0 Å². The molecule has 1 nitrogen and oxygen atoms in total. The topological polar surface area (TPSA) is 12.9 Å². The number of pyridine rings is 1. The maximum Gasteiger partial charge on any atom is 0.416 e. The highest BCUT2D eigenvalue weighted by atomic mass is 19.4. The zero-order valence-electron chi connectivity index (χ0n) is 11.4. The van der Waals surface area contributed by atoms with Crippen LogP contribution >= 0.6 is 0 Å². The van der Waals surface area contributed by atoms with E-state index in [9.17, 15) is 13.2 Å². The Hall–Kier alpha value is -1.84. The van der Waals surface area contributed by atoms with Crippen molar-refractivity contribution in [2.45, 2.75) is 26.4 Å². The molecule has 2 aromatic rings. The zero-order valence-corrected chi connectivity index (χ0v) is 11.4. The van der Waals surface area contributed by atoms with Gasteiger partial charge in [-0.25, -0.2) is 0 Å². The van der Waals surface area contributed by atoms with Crippen molar-refractivity contribution in [2.24, 2.45) is 5.92 Å². The van der Waals surface area contributed by atoms with Crippen LogP contribution in [0.5, 0.6) is 0 Å². The standard InChI is InChI=1S/C16H16F3N/c1-11(2)9-12-3-8-15(20-10-12)13-4-6-14(7-5-13)16(17,18)19/h3-8,10-11H,9H2,1-2H3. The number of alkyl halides is 3. The van der Waals surface area contributed by atoms with Gasteiger partial charge in [-0.1, -0.05) is 32.0 Å². The molecular weight excluding hydrogens is 263 g/mol. The number of nitrogens with zero attached hydrogens (tertiary/aromatic N) is 1. The fourth-order valence-corrected chi connectivity index (χ4v) is 2.02. The lowest BCUT2D eigenvalue weighted by atomic mass is 10.0. The summed E-state index contributed by atoms with van der Waals surface area (Å²) in [4.78, 5) is 4.31. The molecule has 0 atom stereocenters. The summed E-state index contributed by atoms with van der Waals surface area (Å²) >= 11 is 0. The van der Waals surface area contributed by atoms with Crippen molar-refractivity contribution in [3.05, 3.63) is 53.7 Å². The molecule has 0 saturated carbocycles. The van der Waals surface area contributed by atoms with Crippen LogP contribution in [0.4, 0.5) is 13.2 Å². The van der Waals surface area contributed by atoms with Crippen molar-refractivity contribution in [1.82, 2.24) is 4.98 Å². The Morgan fingerprint density at radius 2 is 1.65 bits per heavy atom. The molecule has 1 heterocycles. The molecule has 2 rings (SSSR count). The molecular formula is C16H16F3N. The minimum absolute atomic E-state index is 0.550. The first-order valence-electron chi connectivity index (χ1n) is 6.49. The average Bonchev–Trinajstić information content (AvgIpc) is 2.38. The third-order valence-electron chi connectivity index (χ3n) is 2.98. The second kappa shape index (κ2) is 5.65. The number of rotatable bonds is 3. The molecule has 106 valence electrons. The zero-order chi connectivity index (χ0) is 14.8. The lowest BCUT2D eigenvalue weighted by Gasteiger charge is -2.08. The fourth-order valence-electron chi connectivity index (χ4n) is 2.02. The van der Waals surface area contributed by atoms with Crippen LogP contribution in [-0.4, -0.2) is 4.98 Å². The van der Waals surface area contributed by atoms with Gasteiger partial charge in [0, 0.05) is 11.8 Å². The highest BCUT2D eigenvalue weighted by Gasteiger charge is 2.29. The van der Waals surface area contributed by atoms with Gasteiger partial charge in [0.05, 0.1) is 11.3 Å². The first kappa shape index (κ1) is 14.6. The van der Waals surface area contributed by atoms with Crippen LogP contribution in [0.3, 0.4) is 0 Å². The number of halogens is 3. The van der Waals surface area contributed by atoms with Crippen LogP contribution in [0.2, 0.25) is 0 Å². The van der Waals surface area contributed by atoms with Gasteiger partial charge in [-0.3, -0.25) is 4.98 Å². The molecule has 0 aliphatic heterocycles. The minimum atomic E-state index is -4.30. The number of benzene rings is 1. The van der Waals surface area contributed by atoms with Crippen molar-refractivity contribution < 1.29 is 13.2 Å². The lowest BCUT2D eigenvalue weighted by Crippen LogP contribution is -2.04. The second-order valence-corrected chi connectivity index (χ2v) is 5.22. The molecule has 20 heavy (non-hydrogen) atoms. The van der Waals surface area contributed by atoms with E-state index < -0.39 is 11.7 Å². The monoisotopic (exact) mass is 279 g/mol. The van der Waals surface area contributed by atoms with Gasteiger partial charge in [-0.15, -0.1) is 0 Å². The van der Waals surface area contributed by atoms with Crippen molar-refractivity contribution in [1.29, 1.82) is 0 Å². The first-order chi connectivity index (χ1) is 9.36. The van der Waals surface area contributed by atoms with E-state index in [4.69, 9.17) is 0 Å². The lowest BCUT2D eigenvalue weighted by molar-refractivity contribution is -0.137. The summed E-state index contributed by atoms with van der Waals surface area (Å²) in [6.45, 7) is 4.26. The SMILES string of the molecule is CC(C)Cc1ccc(-c2ccc(C(F)(F)F)cc2)nc1. The van der Waals surface area contributed by atoms with E-state index in [0.717, 1.165) is 24.1 Å². The molecule has 1 aromatic heterocycles. The molecule has 0 N–H and O–H groups in total. The maximum atomic E-state index is 12.5. The van der Waals surface area contributed by atoms with Gasteiger partial charge in [0.1, 0.15) is 0 Å². The van der Waals surface area contributed by atoms with Crippen LogP contribution in [0.1, 0.15) is 25.0 Å². The molecule has 0 unspecified atom stereocenters.